The summed E-state index contributed by atoms with van der Waals surface area (Å²) in [5.74, 6) is 0.0338. The Morgan fingerprint density at radius 3 is 2.15 bits per heavy atom. The maximum absolute atomic E-state index is 12.5. The molecule has 0 saturated carbocycles. The summed E-state index contributed by atoms with van der Waals surface area (Å²) in [6.45, 7) is 7.38. The lowest BCUT2D eigenvalue weighted by atomic mass is 10.1. The number of amides is 2. The molecule has 142 valence electrons. The maximum Gasteiger partial charge on any atom is 0.410 e. The molecule has 0 spiro atoms. The summed E-state index contributed by atoms with van der Waals surface area (Å²) >= 11 is 0. The standard InChI is InChI=1S/C18H26N4O4/c1-18(2,3)26-17(24)22-10-8-21(9-11-22)15(23)12-13-4-6-14(7-5-13)16(19)20-25/h4-7,25H,8-12H2,1-3H3,(H2,19,20). The van der Waals surface area contributed by atoms with Crippen LogP contribution in [0.1, 0.15) is 31.9 Å². The van der Waals surface area contributed by atoms with Crippen LogP contribution in [0.4, 0.5) is 4.79 Å². The Kier molecular flexibility index (Phi) is 6.07. The molecule has 0 radical (unpaired) electrons. The maximum atomic E-state index is 12.5. The Balaban J connectivity index is 1.86. The number of piperazine rings is 1. The number of rotatable bonds is 3. The van der Waals surface area contributed by atoms with Gasteiger partial charge in [-0.2, -0.15) is 0 Å². The minimum absolute atomic E-state index is 0.00499. The second kappa shape index (κ2) is 8.07. The van der Waals surface area contributed by atoms with Gasteiger partial charge in [-0.3, -0.25) is 4.79 Å². The molecule has 3 N–H and O–H groups in total. The minimum Gasteiger partial charge on any atom is -0.444 e. The molecular weight excluding hydrogens is 336 g/mol. The number of benzene rings is 1. The zero-order chi connectivity index (χ0) is 19.3. The summed E-state index contributed by atoms with van der Waals surface area (Å²) in [4.78, 5) is 27.9. The molecule has 0 atom stereocenters. The molecule has 1 heterocycles. The van der Waals surface area contributed by atoms with Crippen LogP contribution < -0.4 is 5.73 Å². The van der Waals surface area contributed by atoms with Crippen molar-refractivity contribution in [2.75, 3.05) is 26.2 Å². The first-order valence-corrected chi connectivity index (χ1v) is 8.52. The van der Waals surface area contributed by atoms with Crippen molar-refractivity contribution >= 4 is 17.8 Å². The van der Waals surface area contributed by atoms with Crippen molar-refractivity contribution in [2.45, 2.75) is 32.8 Å². The zero-order valence-corrected chi connectivity index (χ0v) is 15.4. The van der Waals surface area contributed by atoms with Crippen LogP contribution in [0.25, 0.3) is 0 Å². The first-order valence-electron chi connectivity index (χ1n) is 8.52. The predicted molar refractivity (Wildman–Crippen MR) is 97.0 cm³/mol. The smallest absolute Gasteiger partial charge is 0.410 e. The number of carbonyl (C=O) groups excluding carboxylic acids is 2. The van der Waals surface area contributed by atoms with Crippen molar-refractivity contribution < 1.29 is 19.5 Å². The second-order valence-corrected chi connectivity index (χ2v) is 7.21. The Hall–Kier alpha value is -2.77. The van der Waals surface area contributed by atoms with Crippen molar-refractivity contribution in [3.05, 3.63) is 35.4 Å². The number of ether oxygens (including phenoxy) is 1. The van der Waals surface area contributed by atoms with E-state index in [4.69, 9.17) is 15.7 Å². The van der Waals surface area contributed by atoms with Gasteiger partial charge in [-0.15, -0.1) is 0 Å². The molecule has 2 rings (SSSR count). The summed E-state index contributed by atoms with van der Waals surface area (Å²) in [7, 11) is 0. The predicted octanol–water partition coefficient (Wildman–Crippen LogP) is 1.40. The average Bonchev–Trinajstić information content (AvgIpc) is 2.60. The van der Waals surface area contributed by atoms with E-state index in [2.05, 4.69) is 5.16 Å². The molecule has 1 saturated heterocycles. The molecule has 8 nitrogen and oxygen atoms in total. The van der Waals surface area contributed by atoms with E-state index < -0.39 is 5.60 Å². The van der Waals surface area contributed by atoms with Crippen LogP contribution >= 0.6 is 0 Å². The minimum atomic E-state index is -0.527. The Labute approximate surface area is 153 Å². The van der Waals surface area contributed by atoms with Gasteiger partial charge in [0.25, 0.3) is 0 Å². The lowest BCUT2D eigenvalue weighted by Gasteiger charge is -2.35. The highest BCUT2D eigenvalue weighted by molar-refractivity contribution is 5.97. The molecule has 26 heavy (non-hydrogen) atoms. The molecule has 1 fully saturated rings. The van der Waals surface area contributed by atoms with Gasteiger partial charge in [-0.25, -0.2) is 4.79 Å². The van der Waals surface area contributed by atoms with Gasteiger partial charge >= 0.3 is 6.09 Å². The molecule has 0 bridgehead atoms. The Morgan fingerprint density at radius 2 is 1.65 bits per heavy atom. The molecule has 2 amide bonds. The molecule has 0 aliphatic carbocycles. The lowest BCUT2D eigenvalue weighted by Crippen LogP contribution is -2.51. The molecule has 1 aromatic carbocycles. The van der Waals surface area contributed by atoms with Crippen LogP contribution in [-0.4, -0.2) is 64.6 Å². The monoisotopic (exact) mass is 362 g/mol. The van der Waals surface area contributed by atoms with Gasteiger partial charge in [0, 0.05) is 31.7 Å². The summed E-state index contributed by atoms with van der Waals surface area (Å²) in [5, 5.41) is 11.6. The van der Waals surface area contributed by atoms with Crippen molar-refractivity contribution in [3.8, 4) is 0 Å². The summed E-state index contributed by atoms with van der Waals surface area (Å²) in [6, 6.07) is 6.97. The topological polar surface area (TPSA) is 108 Å². The molecule has 8 heteroatoms. The second-order valence-electron chi connectivity index (χ2n) is 7.21. The highest BCUT2D eigenvalue weighted by atomic mass is 16.6. The third-order valence-corrected chi connectivity index (χ3v) is 4.00. The Bertz CT molecular complexity index is 671. The van der Waals surface area contributed by atoms with Gasteiger partial charge in [0.05, 0.1) is 6.42 Å². The van der Waals surface area contributed by atoms with E-state index in [1.165, 1.54) is 0 Å². The van der Waals surface area contributed by atoms with Crippen molar-refractivity contribution in [1.82, 2.24) is 9.80 Å². The lowest BCUT2D eigenvalue weighted by molar-refractivity contribution is -0.132. The molecule has 0 unspecified atom stereocenters. The first kappa shape index (κ1) is 19.6. The van der Waals surface area contributed by atoms with E-state index in [1.807, 2.05) is 20.8 Å². The summed E-state index contributed by atoms with van der Waals surface area (Å²) < 4.78 is 5.35. The number of amidine groups is 1. The third-order valence-electron chi connectivity index (χ3n) is 4.00. The third kappa shape index (κ3) is 5.37. The van der Waals surface area contributed by atoms with Crippen LogP contribution in [0.5, 0.6) is 0 Å². The average molecular weight is 362 g/mol. The van der Waals surface area contributed by atoms with Gasteiger partial charge < -0.3 is 25.5 Å². The van der Waals surface area contributed by atoms with Gasteiger partial charge in [-0.1, -0.05) is 29.4 Å². The van der Waals surface area contributed by atoms with Gasteiger partial charge in [0.15, 0.2) is 5.84 Å². The number of nitrogens with zero attached hydrogens (tertiary/aromatic N) is 3. The number of oxime groups is 1. The van der Waals surface area contributed by atoms with Crippen LogP contribution in [0.3, 0.4) is 0 Å². The summed E-state index contributed by atoms with van der Waals surface area (Å²) in [6.07, 6.45) is -0.0774. The SMILES string of the molecule is CC(C)(C)OC(=O)N1CCN(C(=O)Cc2ccc(C(N)=NO)cc2)CC1. The fraction of sp³-hybridized carbons (Fsp3) is 0.500. The van der Waals surface area contributed by atoms with E-state index >= 15 is 0 Å². The van der Waals surface area contributed by atoms with Crippen LogP contribution in [0, 0.1) is 0 Å². The zero-order valence-electron chi connectivity index (χ0n) is 15.4. The van der Waals surface area contributed by atoms with E-state index in [0.717, 1.165) is 5.56 Å². The quantitative estimate of drug-likeness (QED) is 0.366. The molecule has 1 aliphatic heterocycles. The van der Waals surface area contributed by atoms with E-state index in [9.17, 15) is 9.59 Å². The number of nitrogens with two attached hydrogens (primary N) is 1. The first-order chi connectivity index (χ1) is 12.2. The van der Waals surface area contributed by atoms with Crippen molar-refractivity contribution in [1.29, 1.82) is 0 Å². The molecule has 1 aromatic rings. The summed E-state index contributed by atoms with van der Waals surface area (Å²) in [5.41, 5.74) is 6.43. The number of hydrogen-bond acceptors (Lipinski definition) is 5. The van der Waals surface area contributed by atoms with Gasteiger partial charge in [0.1, 0.15) is 5.60 Å². The van der Waals surface area contributed by atoms with E-state index in [0.29, 0.717) is 31.7 Å². The van der Waals surface area contributed by atoms with Gasteiger partial charge in [0.2, 0.25) is 5.91 Å². The van der Waals surface area contributed by atoms with Crippen molar-refractivity contribution in [2.24, 2.45) is 10.9 Å². The molecule has 0 aromatic heterocycles. The van der Waals surface area contributed by atoms with Crippen LogP contribution in [-0.2, 0) is 16.0 Å². The van der Waals surface area contributed by atoms with E-state index in [1.54, 1.807) is 34.1 Å². The van der Waals surface area contributed by atoms with Crippen LogP contribution in [0.15, 0.2) is 29.4 Å². The highest BCUT2D eigenvalue weighted by Crippen LogP contribution is 2.13. The Morgan fingerprint density at radius 1 is 1.12 bits per heavy atom. The normalized spacial score (nSPS) is 15.7. The van der Waals surface area contributed by atoms with E-state index in [-0.39, 0.29) is 24.3 Å². The highest BCUT2D eigenvalue weighted by Gasteiger charge is 2.27. The fourth-order valence-electron chi connectivity index (χ4n) is 2.60. The molecular formula is C18H26N4O4. The molecule has 1 aliphatic rings. The number of hydrogen-bond donors (Lipinski definition) is 2. The largest absolute Gasteiger partial charge is 0.444 e. The number of carbonyl (C=O) groups is 2. The van der Waals surface area contributed by atoms with Crippen LogP contribution in [0.2, 0.25) is 0 Å². The van der Waals surface area contributed by atoms with Gasteiger partial charge in [-0.05, 0) is 26.3 Å². The van der Waals surface area contributed by atoms with Crippen molar-refractivity contribution in [3.63, 3.8) is 0 Å². The fourth-order valence-corrected chi connectivity index (χ4v) is 2.60.